The van der Waals surface area contributed by atoms with Crippen LogP contribution in [-0.2, 0) is 22.5 Å². The molecule has 10 heteroatoms. The summed E-state index contributed by atoms with van der Waals surface area (Å²) in [6.07, 6.45) is 0. The van der Waals surface area contributed by atoms with E-state index in [1.165, 1.54) is 16.0 Å². The normalized spacial score (nSPS) is 12.7. The van der Waals surface area contributed by atoms with Crippen molar-refractivity contribution in [3.8, 4) is 0 Å². The van der Waals surface area contributed by atoms with Gasteiger partial charge in [-0.3, -0.25) is 9.40 Å². The van der Waals surface area contributed by atoms with Crippen LogP contribution in [0.25, 0.3) is 0 Å². The van der Waals surface area contributed by atoms with E-state index >= 15 is 0 Å². The molecule has 0 aliphatic carbocycles. The first-order valence-corrected chi connectivity index (χ1v) is 8.76. The van der Waals surface area contributed by atoms with Gasteiger partial charge in [-0.05, 0) is 6.92 Å². The van der Waals surface area contributed by atoms with Crippen LogP contribution >= 0.6 is 22.9 Å². The highest BCUT2D eigenvalue weighted by Gasteiger charge is 2.27. The molecular weight excluding hydrogens is 334 g/mol. The van der Waals surface area contributed by atoms with Gasteiger partial charge >= 0.3 is 0 Å². The van der Waals surface area contributed by atoms with Crippen molar-refractivity contribution in [3.63, 3.8) is 0 Å². The van der Waals surface area contributed by atoms with Crippen molar-refractivity contribution >= 4 is 38.1 Å². The zero-order chi connectivity index (χ0) is 16.0. The Kier molecular flexibility index (Phi) is 4.02. The van der Waals surface area contributed by atoms with Crippen molar-refractivity contribution in [2.75, 3.05) is 4.72 Å². The van der Waals surface area contributed by atoms with Crippen LogP contribution in [-0.4, -0.2) is 28.4 Å². The highest BCUT2D eigenvalue weighted by atomic mass is 35.5. The molecule has 0 saturated carbocycles. The van der Waals surface area contributed by atoms with Crippen LogP contribution in [0.3, 0.4) is 0 Å². The third kappa shape index (κ3) is 3.19. The van der Waals surface area contributed by atoms with E-state index in [1.807, 2.05) is 20.8 Å². The number of aromatic nitrogens is 4. The average molecular weight is 350 g/mol. The SMILES string of the molecule is Cc1nn(C)c(Cl)c1S(=O)(=O)Nc1nnc(C(C)(C)C)s1. The summed E-state index contributed by atoms with van der Waals surface area (Å²) in [5, 5.41) is 12.9. The number of hydrogen-bond acceptors (Lipinski definition) is 6. The van der Waals surface area contributed by atoms with E-state index < -0.39 is 10.0 Å². The molecule has 0 fully saturated rings. The highest BCUT2D eigenvalue weighted by Crippen LogP contribution is 2.30. The van der Waals surface area contributed by atoms with Crippen molar-refractivity contribution in [1.82, 2.24) is 20.0 Å². The number of hydrogen-bond donors (Lipinski definition) is 1. The van der Waals surface area contributed by atoms with Crippen LogP contribution < -0.4 is 4.72 Å². The van der Waals surface area contributed by atoms with E-state index in [9.17, 15) is 8.42 Å². The van der Waals surface area contributed by atoms with Crippen LogP contribution in [0.5, 0.6) is 0 Å². The maximum atomic E-state index is 12.4. The molecule has 2 heterocycles. The van der Waals surface area contributed by atoms with Crippen molar-refractivity contribution in [3.05, 3.63) is 15.9 Å². The molecule has 116 valence electrons. The minimum absolute atomic E-state index is 0.0424. The number of halogens is 1. The highest BCUT2D eigenvalue weighted by molar-refractivity contribution is 7.93. The molecule has 0 aliphatic rings. The van der Waals surface area contributed by atoms with Gasteiger partial charge in [-0.25, -0.2) is 8.42 Å². The molecule has 0 saturated heterocycles. The van der Waals surface area contributed by atoms with Crippen molar-refractivity contribution in [2.24, 2.45) is 7.05 Å². The van der Waals surface area contributed by atoms with Gasteiger partial charge < -0.3 is 0 Å². The molecule has 2 aromatic rings. The minimum Gasteiger partial charge on any atom is -0.255 e. The largest absolute Gasteiger partial charge is 0.268 e. The molecule has 0 bridgehead atoms. The van der Waals surface area contributed by atoms with E-state index in [-0.39, 0.29) is 20.6 Å². The fourth-order valence-corrected chi connectivity index (χ4v) is 4.43. The Bertz CT molecular complexity index is 773. The van der Waals surface area contributed by atoms with Crippen molar-refractivity contribution in [1.29, 1.82) is 0 Å². The predicted octanol–water partition coefficient (Wildman–Crippen LogP) is 2.33. The summed E-state index contributed by atoms with van der Waals surface area (Å²) < 4.78 is 28.5. The van der Waals surface area contributed by atoms with E-state index in [0.29, 0.717) is 5.69 Å². The second kappa shape index (κ2) is 5.22. The zero-order valence-corrected chi connectivity index (χ0v) is 14.7. The molecule has 0 spiro atoms. The number of sulfonamides is 1. The molecule has 1 N–H and O–H groups in total. The zero-order valence-electron chi connectivity index (χ0n) is 12.3. The Balaban J connectivity index is 2.36. The molecule has 0 aromatic carbocycles. The van der Waals surface area contributed by atoms with Crippen molar-refractivity contribution in [2.45, 2.75) is 38.0 Å². The van der Waals surface area contributed by atoms with Crippen LogP contribution in [0.1, 0.15) is 31.5 Å². The summed E-state index contributed by atoms with van der Waals surface area (Å²) in [5.41, 5.74) is 0.138. The number of nitrogens with zero attached hydrogens (tertiary/aromatic N) is 4. The van der Waals surface area contributed by atoms with Crippen LogP contribution in [0, 0.1) is 6.92 Å². The number of nitrogens with one attached hydrogen (secondary N) is 1. The molecule has 2 rings (SSSR count). The Hall–Kier alpha value is -1.19. The smallest absolute Gasteiger partial charge is 0.255 e. The summed E-state index contributed by atoms with van der Waals surface area (Å²) in [6.45, 7) is 7.52. The fourth-order valence-electron chi connectivity index (χ4n) is 1.65. The van der Waals surface area contributed by atoms with Gasteiger partial charge in [0.15, 0.2) is 0 Å². The lowest BCUT2D eigenvalue weighted by Crippen LogP contribution is -2.14. The Labute approximate surface area is 132 Å². The second-order valence-corrected chi connectivity index (χ2v) is 8.55. The van der Waals surface area contributed by atoms with Gasteiger partial charge in [0.05, 0.1) is 5.69 Å². The monoisotopic (exact) mass is 349 g/mol. The van der Waals surface area contributed by atoms with Gasteiger partial charge in [-0.1, -0.05) is 43.7 Å². The molecule has 0 atom stereocenters. The molecule has 0 unspecified atom stereocenters. The summed E-state index contributed by atoms with van der Waals surface area (Å²) in [6, 6.07) is 0. The topological polar surface area (TPSA) is 89.8 Å². The summed E-state index contributed by atoms with van der Waals surface area (Å²) in [7, 11) is -2.26. The maximum Gasteiger partial charge on any atom is 0.268 e. The van der Waals surface area contributed by atoms with E-state index in [2.05, 4.69) is 20.0 Å². The van der Waals surface area contributed by atoms with Crippen molar-refractivity contribution < 1.29 is 8.42 Å². The van der Waals surface area contributed by atoms with Gasteiger partial charge in [0.2, 0.25) is 5.13 Å². The number of aryl methyl sites for hydroxylation is 2. The van der Waals surface area contributed by atoms with Gasteiger partial charge in [0.25, 0.3) is 10.0 Å². The molecule has 0 radical (unpaired) electrons. The Morgan fingerprint density at radius 2 is 1.90 bits per heavy atom. The molecule has 0 amide bonds. The third-order valence-corrected chi connectivity index (χ3v) is 6.08. The van der Waals surface area contributed by atoms with Gasteiger partial charge in [0.1, 0.15) is 15.1 Å². The summed E-state index contributed by atoms with van der Waals surface area (Å²) in [4.78, 5) is -0.0424. The van der Waals surface area contributed by atoms with E-state index in [1.54, 1.807) is 14.0 Å². The Morgan fingerprint density at radius 1 is 1.29 bits per heavy atom. The lowest BCUT2D eigenvalue weighted by atomic mass is 9.98. The second-order valence-electron chi connectivity index (χ2n) is 5.60. The molecular formula is C11H16ClN5O2S2. The lowest BCUT2D eigenvalue weighted by Gasteiger charge is -2.12. The fraction of sp³-hybridized carbons (Fsp3) is 0.545. The molecule has 2 aromatic heterocycles. The van der Waals surface area contributed by atoms with Crippen LogP contribution in [0.4, 0.5) is 5.13 Å². The predicted molar refractivity (Wildman–Crippen MR) is 82.4 cm³/mol. The first kappa shape index (κ1) is 16.2. The number of rotatable bonds is 3. The van der Waals surface area contributed by atoms with Crippen LogP contribution in [0.2, 0.25) is 5.15 Å². The average Bonchev–Trinajstić information content (AvgIpc) is 2.84. The standard InChI is InChI=1S/C11H16ClN5O2S2/c1-6-7(8(12)17(5)15-6)21(18,19)16-10-14-13-9(20-10)11(2,3)4/h1-5H3,(H,14,16). The van der Waals surface area contributed by atoms with E-state index in [4.69, 9.17) is 11.6 Å². The molecule has 7 nitrogen and oxygen atoms in total. The van der Waals surface area contributed by atoms with Crippen LogP contribution in [0.15, 0.2) is 4.90 Å². The third-order valence-electron chi connectivity index (χ3n) is 2.66. The number of anilines is 1. The van der Waals surface area contributed by atoms with Gasteiger partial charge in [-0.15, -0.1) is 10.2 Å². The Morgan fingerprint density at radius 3 is 2.33 bits per heavy atom. The summed E-state index contributed by atoms with van der Waals surface area (Å²) in [5.74, 6) is 0. The maximum absolute atomic E-state index is 12.4. The first-order valence-electron chi connectivity index (χ1n) is 6.08. The summed E-state index contributed by atoms with van der Waals surface area (Å²) >= 11 is 7.19. The quantitative estimate of drug-likeness (QED) is 0.918. The van der Waals surface area contributed by atoms with Gasteiger partial charge in [0, 0.05) is 12.5 Å². The lowest BCUT2D eigenvalue weighted by molar-refractivity contribution is 0.578. The van der Waals surface area contributed by atoms with Gasteiger partial charge in [-0.2, -0.15) is 5.10 Å². The van der Waals surface area contributed by atoms with E-state index in [0.717, 1.165) is 5.01 Å². The molecule has 0 aliphatic heterocycles. The first-order chi connectivity index (χ1) is 9.52. The molecule has 21 heavy (non-hydrogen) atoms. The minimum atomic E-state index is -3.84.